The van der Waals surface area contributed by atoms with Crippen molar-refractivity contribution < 1.29 is 9.53 Å². The zero-order chi connectivity index (χ0) is 16.1. The molecule has 1 aromatic carbocycles. The summed E-state index contributed by atoms with van der Waals surface area (Å²) < 4.78 is 5.97. The van der Waals surface area contributed by atoms with E-state index in [-0.39, 0.29) is 12.0 Å². The minimum absolute atomic E-state index is 0.0112. The van der Waals surface area contributed by atoms with Gasteiger partial charge in [0, 0.05) is 18.8 Å². The Balaban J connectivity index is 1.41. The summed E-state index contributed by atoms with van der Waals surface area (Å²) in [7, 11) is 0. The minimum atomic E-state index is 0.0112. The summed E-state index contributed by atoms with van der Waals surface area (Å²) in [5.41, 5.74) is 2.72. The van der Waals surface area contributed by atoms with Crippen molar-refractivity contribution in [3.63, 3.8) is 0 Å². The molecule has 5 nitrogen and oxygen atoms in total. The lowest BCUT2D eigenvalue weighted by atomic mass is 10.1. The molecule has 0 spiro atoms. The molecule has 0 saturated carbocycles. The molecule has 3 rings (SSSR count). The first kappa shape index (κ1) is 15.7. The molecule has 0 radical (unpaired) electrons. The van der Waals surface area contributed by atoms with Crippen LogP contribution in [0, 0.1) is 6.92 Å². The van der Waals surface area contributed by atoms with Crippen molar-refractivity contribution in [3.8, 4) is 0 Å². The highest BCUT2D eigenvalue weighted by molar-refractivity contribution is 5.92. The third kappa shape index (κ3) is 4.20. The van der Waals surface area contributed by atoms with E-state index in [1.54, 1.807) is 6.07 Å². The van der Waals surface area contributed by atoms with E-state index < -0.39 is 0 Å². The van der Waals surface area contributed by atoms with Gasteiger partial charge in [-0.15, -0.1) is 0 Å². The SMILES string of the molecule is Cc1cc(C(=O)N2CCC(OCCc3ccccc3)CC2)n[nH]1. The number of rotatable bonds is 5. The van der Waals surface area contributed by atoms with Crippen molar-refractivity contribution in [2.24, 2.45) is 0 Å². The monoisotopic (exact) mass is 313 g/mol. The van der Waals surface area contributed by atoms with E-state index in [0.29, 0.717) is 5.69 Å². The van der Waals surface area contributed by atoms with Crippen LogP contribution < -0.4 is 0 Å². The molecule has 1 aromatic heterocycles. The Morgan fingerprint density at radius 2 is 2.04 bits per heavy atom. The second-order valence-corrected chi connectivity index (χ2v) is 6.03. The topological polar surface area (TPSA) is 58.2 Å². The number of aromatic amines is 1. The van der Waals surface area contributed by atoms with E-state index in [0.717, 1.165) is 44.7 Å². The van der Waals surface area contributed by atoms with Crippen LogP contribution in [0.1, 0.15) is 34.6 Å². The molecule has 23 heavy (non-hydrogen) atoms. The number of piperidine rings is 1. The molecule has 0 atom stereocenters. The predicted molar refractivity (Wildman–Crippen MR) is 88.3 cm³/mol. The zero-order valence-electron chi connectivity index (χ0n) is 13.5. The van der Waals surface area contributed by atoms with Crippen molar-refractivity contribution >= 4 is 5.91 Å². The second kappa shape index (κ2) is 7.42. The van der Waals surface area contributed by atoms with Crippen LogP contribution >= 0.6 is 0 Å². The Hall–Kier alpha value is -2.14. The van der Waals surface area contributed by atoms with Gasteiger partial charge in [-0.1, -0.05) is 30.3 Å². The summed E-state index contributed by atoms with van der Waals surface area (Å²) in [5, 5.41) is 6.86. The van der Waals surface area contributed by atoms with Gasteiger partial charge in [-0.05, 0) is 37.8 Å². The molecule has 0 aliphatic carbocycles. The summed E-state index contributed by atoms with van der Waals surface area (Å²) >= 11 is 0. The predicted octanol–water partition coefficient (Wildman–Crippen LogP) is 2.58. The van der Waals surface area contributed by atoms with E-state index in [2.05, 4.69) is 34.5 Å². The van der Waals surface area contributed by atoms with Gasteiger partial charge in [-0.25, -0.2) is 0 Å². The number of H-pyrrole nitrogens is 1. The number of ether oxygens (including phenoxy) is 1. The van der Waals surface area contributed by atoms with Gasteiger partial charge in [0.1, 0.15) is 5.69 Å². The average molecular weight is 313 g/mol. The van der Waals surface area contributed by atoms with Gasteiger partial charge in [0.25, 0.3) is 5.91 Å². The van der Waals surface area contributed by atoms with Crippen molar-refractivity contribution in [2.75, 3.05) is 19.7 Å². The van der Waals surface area contributed by atoms with Crippen LogP contribution in [0.5, 0.6) is 0 Å². The summed E-state index contributed by atoms with van der Waals surface area (Å²) in [6.45, 7) is 4.11. The summed E-state index contributed by atoms with van der Waals surface area (Å²) in [6, 6.07) is 12.2. The highest BCUT2D eigenvalue weighted by Gasteiger charge is 2.25. The number of aryl methyl sites for hydroxylation is 1. The van der Waals surface area contributed by atoms with Crippen molar-refractivity contribution in [1.82, 2.24) is 15.1 Å². The minimum Gasteiger partial charge on any atom is -0.378 e. The van der Waals surface area contributed by atoms with E-state index in [4.69, 9.17) is 4.74 Å². The number of amides is 1. The molecule has 1 aliphatic rings. The average Bonchev–Trinajstić information content (AvgIpc) is 3.02. The highest BCUT2D eigenvalue weighted by atomic mass is 16.5. The lowest BCUT2D eigenvalue weighted by Gasteiger charge is -2.31. The number of likely N-dealkylation sites (tertiary alicyclic amines) is 1. The Bertz CT molecular complexity index is 631. The Labute approximate surface area is 136 Å². The fraction of sp³-hybridized carbons (Fsp3) is 0.444. The Morgan fingerprint density at radius 3 is 2.70 bits per heavy atom. The van der Waals surface area contributed by atoms with Crippen LogP contribution in [0.4, 0.5) is 0 Å². The summed E-state index contributed by atoms with van der Waals surface area (Å²) in [4.78, 5) is 14.2. The van der Waals surface area contributed by atoms with Gasteiger partial charge in [-0.2, -0.15) is 5.10 Å². The molecule has 122 valence electrons. The lowest BCUT2D eigenvalue weighted by Crippen LogP contribution is -2.41. The number of carbonyl (C=O) groups excluding carboxylic acids is 1. The van der Waals surface area contributed by atoms with Crippen LogP contribution in [0.2, 0.25) is 0 Å². The standard InChI is InChI=1S/C18H23N3O2/c1-14-13-17(20-19-14)18(22)21-10-7-16(8-11-21)23-12-9-15-5-3-2-4-6-15/h2-6,13,16H,7-12H2,1H3,(H,19,20). The van der Waals surface area contributed by atoms with Gasteiger partial charge in [0.15, 0.2) is 0 Å². The largest absolute Gasteiger partial charge is 0.378 e. The van der Waals surface area contributed by atoms with E-state index >= 15 is 0 Å². The first-order valence-corrected chi connectivity index (χ1v) is 8.19. The lowest BCUT2D eigenvalue weighted by molar-refractivity contribution is 0.00988. The van der Waals surface area contributed by atoms with Crippen LogP contribution in [0.15, 0.2) is 36.4 Å². The van der Waals surface area contributed by atoms with Gasteiger partial charge < -0.3 is 9.64 Å². The molecule has 1 fully saturated rings. The zero-order valence-corrected chi connectivity index (χ0v) is 13.5. The van der Waals surface area contributed by atoms with Crippen LogP contribution in [-0.4, -0.2) is 46.8 Å². The number of nitrogens with zero attached hydrogens (tertiary/aromatic N) is 2. The Morgan fingerprint density at radius 1 is 1.30 bits per heavy atom. The van der Waals surface area contributed by atoms with Gasteiger partial charge >= 0.3 is 0 Å². The maximum atomic E-state index is 12.3. The molecule has 1 amide bonds. The molecular formula is C18H23N3O2. The van der Waals surface area contributed by atoms with Crippen LogP contribution in [-0.2, 0) is 11.2 Å². The second-order valence-electron chi connectivity index (χ2n) is 6.03. The molecule has 1 aliphatic heterocycles. The first-order chi connectivity index (χ1) is 11.2. The molecule has 1 saturated heterocycles. The molecule has 5 heteroatoms. The third-order valence-corrected chi connectivity index (χ3v) is 4.24. The van der Waals surface area contributed by atoms with Gasteiger partial charge in [0.05, 0.1) is 12.7 Å². The normalized spacial score (nSPS) is 15.8. The fourth-order valence-electron chi connectivity index (χ4n) is 2.90. The number of hydrogen-bond donors (Lipinski definition) is 1. The molecule has 1 N–H and O–H groups in total. The smallest absolute Gasteiger partial charge is 0.274 e. The number of nitrogens with one attached hydrogen (secondary N) is 1. The molecule has 2 heterocycles. The highest BCUT2D eigenvalue weighted by Crippen LogP contribution is 2.16. The van der Waals surface area contributed by atoms with Crippen molar-refractivity contribution in [2.45, 2.75) is 32.3 Å². The van der Waals surface area contributed by atoms with Crippen LogP contribution in [0.3, 0.4) is 0 Å². The first-order valence-electron chi connectivity index (χ1n) is 8.19. The number of carbonyl (C=O) groups is 1. The van der Waals surface area contributed by atoms with E-state index in [1.165, 1.54) is 5.56 Å². The third-order valence-electron chi connectivity index (χ3n) is 4.24. The number of benzene rings is 1. The quantitative estimate of drug-likeness (QED) is 0.923. The Kier molecular flexibility index (Phi) is 5.08. The molecule has 0 bridgehead atoms. The fourth-order valence-corrected chi connectivity index (χ4v) is 2.90. The van der Waals surface area contributed by atoms with Crippen LogP contribution in [0.25, 0.3) is 0 Å². The molecule has 0 unspecified atom stereocenters. The van der Waals surface area contributed by atoms with Crippen molar-refractivity contribution in [3.05, 3.63) is 53.3 Å². The van der Waals surface area contributed by atoms with E-state index in [1.807, 2.05) is 17.9 Å². The van der Waals surface area contributed by atoms with Gasteiger partial charge in [0.2, 0.25) is 0 Å². The van der Waals surface area contributed by atoms with E-state index in [9.17, 15) is 4.79 Å². The van der Waals surface area contributed by atoms with Gasteiger partial charge in [-0.3, -0.25) is 9.89 Å². The summed E-state index contributed by atoms with van der Waals surface area (Å²) in [6.07, 6.45) is 2.98. The maximum absolute atomic E-state index is 12.3. The number of aromatic nitrogens is 2. The summed E-state index contributed by atoms with van der Waals surface area (Å²) in [5.74, 6) is 0.0112. The maximum Gasteiger partial charge on any atom is 0.274 e. The molecule has 2 aromatic rings. The number of hydrogen-bond acceptors (Lipinski definition) is 3. The van der Waals surface area contributed by atoms with Crippen molar-refractivity contribution in [1.29, 1.82) is 0 Å². The molecular weight excluding hydrogens is 290 g/mol.